The largest absolute Gasteiger partial charge is 0.456 e. The van der Waals surface area contributed by atoms with Gasteiger partial charge in [0.1, 0.15) is 11.5 Å². The molecule has 2 aromatic rings. The van der Waals surface area contributed by atoms with Gasteiger partial charge in [-0.05, 0) is 82.9 Å². The molecule has 0 aromatic heterocycles. The molecular weight excluding hydrogens is 344 g/mol. The van der Waals surface area contributed by atoms with Crippen molar-refractivity contribution >= 4 is 27.7 Å². The fraction of sp³-hybridized carbons (Fsp3) is 0.333. The standard InChI is InChI=1S/C18H21BrOS/c1-11(2)14-6-7-17(16(19)10-14)20-18-12(3)8-15(21-5)9-13(18)4/h6-11H,1-5H3. The SMILES string of the molecule is CSc1cc(C)c(Oc2ccc(C(C)C)cc2Br)c(C)c1. The molecule has 1 nitrogen and oxygen atoms in total. The fourth-order valence-corrected chi connectivity index (χ4v) is 3.33. The van der Waals surface area contributed by atoms with Crippen molar-refractivity contribution in [2.24, 2.45) is 0 Å². The molecule has 21 heavy (non-hydrogen) atoms. The van der Waals surface area contributed by atoms with Crippen LogP contribution in [0.15, 0.2) is 39.7 Å². The van der Waals surface area contributed by atoms with Crippen LogP contribution < -0.4 is 4.74 Å². The summed E-state index contributed by atoms with van der Waals surface area (Å²) >= 11 is 5.38. The second kappa shape index (κ2) is 6.89. The van der Waals surface area contributed by atoms with E-state index in [9.17, 15) is 0 Å². The minimum Gasteiger partial charge on any atom is -0.456 e. The number of hydrogen-bond donors (Lipinski definition) is 0. The zero-order chi connectivity index (χ0) is 15.6. The van der Waals surface area contributed by atoms with Crippen molar-refractivity contribution in [3.05, 3.63) is 51.5 Å². The van der Waals surface area contributed by atoms with Gasteiger partial charge in [0, 0.05) is 4.90 Å². The molecule has 0 spiro atoms. The van der Waals surface area contributed by atoms with Crippen molar-refractivity contribution in [1.29, 1.82) is 0 Å². The Labute approximate surface area is 140 Å². The molecule has 112 valence electrons. The van der Waals surface area contributed by atoms with Crippen LogP contribution in [0.4, 0.5) is 0 Å². The first-order valence-corrected chi connectivity index (χ1v) is 9.06. The molecule has 3 heteroatoms. The number of hydrogen-bond acceptors (Lipinski definition) is 2. The van der Waals surface area contributed by atoms with Gasteiger partial charge in [-0.3, -0.25) is 0 Å². The van der Waals surface area contributed by atoms with Crippen LogP contribution in [0.3, 0.4) is 0 Å². The quantitative estimate of drug-likeness (QED) is 0.557. The van der Waals surface area contributed by atoms with E-state index in [1.165, 1.54) is 21.6 Å². The lowest BCUT2D eigenvalue weighted by Gasteiger charge is -2.15. The zero-order valence-corrected chi connectivity index (χ0v) is 15.6. The van der Waals surface area contributed by atoms with E-state index in [2.05, 4.69) is 74.1 Å². The molecule has 0 aliphatic heterocycles. The predicted octanol–water partition coefficient (Wildman–Crippen LogP) is 6.70. The van der Waals surface area contributed by atoms with E-state index in [-0.39, 0.29) is 0 Å². The highest BCUT2D eigenvalue weighted by molar-refractivity contribution is 9.10. The van der Waals surface area contributed by atoms with E-state index in [4.69, 9.17) is 4.74 Å². The monoisotopic (exact) mass is 364 g/mol. The minimum absolute atomic E-state index is 0.514. The van der Waals surface area contributed by atoms with Crippen molar-refractivity contribution in [2.75, 3.05) is 6.26 Å². The Morgan fingerprint density at radius 2 is 1.67 bits per heavy atom. The van der Waals surface area contributed by atoms with Gasteiger partial charge in [-0.25, -0.2) is 0 Å². The molecule has 0 bridgehead atoms. The Hall–Kier alpha value is -0.930. The third kappa shape index (κ3) is 3.83. The molecule has 0 unspecified atom stereocenters. The lowest BCUT2D eigenvalue weighted by Crippen LogP contribution is -1.94. The molecule has 2 aromatic carbocycles. The molecule has 0 aliphatic carbocycles. The van der Waals surface area contributed by atoms with Crippen molar-refractivity contribution in [1.82, 2.24) is 0 Å². The van der Waals surface area contributed by atoms with Crippen LogP contribution in [0.5, 0.6) is 11.5 Å². The average Bonchev–Trinajstić information content (AvgIpc) is 2.43. The highest BCUT2D eigenvalue weighted by Gasteiger charge is 2.11. The first-order valence-electron chi connectivity index (χ1n) is 7.05. The summed E-state index contributed by atoms with van der Waals surface area (Å²) in [6.07, 6.45) is 2.09. The Morgan fingerprint density at radius 3 is 2.14 bits per heavy atom. The van der Waals surface area contributed by atoms with E-state index in [0.29, 0.717) is 5.92 Å². The number of ether oxygens (including phenoxy) is 1. The Bertz CT molecular complexity index is 627. The van der Waals surface area contributed by atoms with E-state index >= 15 is 0 Å². The number of rotatable bonds is 4. The fourth-order valence-electron chi connectivity index (χ4n) is 2.26. The van der Waals surface area contributed by atoms with Gasteiger partial charge in [0.05, 0.1) is 4.47 Å². The Kier molecular flexibility index (Phi) is 5.39. The first-order chi connectivity index (χ1) is 9.92. The highest BCUT2D eigenvalue weighted by atomic mass is 79.9. The maximum absolute atomic E-state index is 6.15. The normalized spacial score (nSPS) is 11.0. The summed E-state index contributed by atoms with van der Waals surface area (Å²) < 4.78 is 7.15. The maximum Gasteiger partial charge on any atom is 0.141 e. The summed E-state index contributed by atoms with van der Waals surface area (Å²) in [6, 6.07) is 10.7. The van der Waals surface area contributed by atoms with Crippen molar-refractivity contribution in [3.63, 3.8) is 0 Å². The molecule has 0 saturated heterocycles. The van der Waals surface area contributed by atoms with Gasteiger partial charge in [0.2, 0.25) is 0 Å². The minimum atomic E-state index is 0.514. The molecular formula is C18H21BrOS. The van der Waals surface area contributed by atoms with Crippen LogP contribution in [-0.4, -0.2) is 6.26 Å². The Morgan fingerprint density at radius 1 is 1.05 bits per heavy atom. The summed E-state index contributed by atoms with van der Waals surface area (Å²) in [5, 5.41) is 0. The summed E-state index contributed by atoms with van der Waals surface area (Å²) in [4.78, 5) is 1.27. The summed E-state index contributed by atoms with van der Waals surface area (Å²) in [6.45, 7) is 8.58. The maximum atomic E-state index is 6.15. The van der Waals surface area contributed by atoms with Gasteiger partial charge in [-0.2, -0.15) is 0 Å². The van der Waals surface area contributed by atoms with Gasteiger partial charge in [0.15, 0.2) is 0 Å². The van der Waals surface area contributed by atoms with E-state index in [1.807, 2.05) is 6.07 Å². The van der Waals surface area contributed by atoms with Gasteiger partial charge < -0.3 is 4.74 Å². The van der Waals surface area contributed by atoms with Gasteiger partial charge in [0.25, 0.3) is 0 Å². The molecule has 0 amide bonds. The summed E-state index contributed by atoms with van der Waals surface area (Å²) in [7, 11) is 0. The van der Waals surface area contributed by atoms with Gasteiger partial charge >= 0.3 is 0 Å². The van der Waals surface area contributed by atoms with Crippen LogP contribution in [0.25, 0.3) is 0 Å². The number of halogens is 1. The lowest BCUT2D eigenvalue weighted by molar-refractivity contribution is 0.471. The molecule has 0 heterocycles. The molecule has 0 saturated carbocycles. The van der Waals surface area contributed by atoms with Crippen LogP contribution in [0.1, 0.15) is 36.5 Å². The van der Waals surface area contributed by atoms with Crippen LogP contribution in [0, 0.1) is 13.8 Å². The second-order valence-electron chi connectivity index (χ2n) is 5.54. The number of benzene rings is 2. The van der Waals surface area contributed by atoms with Gasteiger partial charge in [-0.15, -0.1) is 11.8 Å². The van der Waals surface area contributed by atoms with Crippen LogP contribution in [-0.2, 0) is 0 Å². The van der Waals surface area contributed by atoms with Crippen LogP contribution in [0.2, 0.25) is 0 Å². The third-order valence-electron chi connectivity index (χ3n) is 3.50. The summed E-state index contributed by atoms with van der Waals surface area (Å²) in [5.41, 5.74) is 3.64. The molecule has 0 aliphatic rings. The van der Waals surface area contributed by atoms with Crippen molar-refractivity contribution in [3.8, 4) is 11.5 Å². The van der Waals surface area contributed by atoms with Crippen LogP contribution >= 0.6 is 27.7 Å². The van der Waals surface area contributed by atoms with Crippen molar-refractivity contribution < 1.29 is 4.74 Å². The molecule has 2 rings (SSSR count). The third-order valence-corrected chi connectivity index (χ3v) is 4.83. The zero-order valence-electron chi connectivity index (χ0n) is 13.2. The molecule has 0 N–H and O–H groups in total. The first kappa shape index (κ1) is 16.4. The Balaban J connectivity index is 2.34. The van der Waals surface area contributed by atoms with E-state index in [1.54, 1.807) is 11.8 Å². The second-order valence-corrected chi connectivity index (χ2v) is 7.27. The topological polar surface area (TPSA) is 9.23 Å². The molecule has 0 fully saturated rings. The van der Waals surface area contributed by atoms with Crippen molar-refractivity contribution in [2.45, 2.75) is 38.5 Å². The number of thioether (sulfide) groups is 1. The summed E-state index contributed by atoms with van der Waals surface area (Å²) in [5.74, 6) is 2.33. The lowest BCUT2D eigenvalue weighted by atomic mass is 10.0. The van der Waals surface area contributed by atoms with E-state index < -0.39 is 0 Å². The highest BCUT2D eigenvalue weighted by Crippen LogP contribution is 2.36. The smallest absolute Gasteiger partial charge is 0.141 e. The number of aryl methyl sites for hydroxylation is 2. The molecule has 0 atom stereocenters. The average molecular weight is 365 g/mol. The van der Waals surface area contributed by atoms with Gasteiger partial charge in [-0.1, -0.05) is 19.9 Å². The predicted molar refractivity (Wildman–Crippen MR) is 96.0 cm³/mol. The molecule has 0 radical (unpaired) electrons. The van der Waals surface area contributed by atoms with E-state index in [0.717, 1.165) is 16.0 Å².